The van der Waals surface area contributed by atoms with E-state index in [9.17, 15) is 10.1 Å². The van der Waals surface area contributed by atoms with Crippen molar-refractivity contribution in [1.29, 1.82) is 5.26 Å². The van der Waals surface area contributed by atoms with Gasteiger partial charge in [-0.15, -0.1) is 0 Å². The summed E-state index contributed by atoms with van der Waals surface area (Å²) in [6.07, 6.45) is -1.11. The van der Waals surface area contributed by atoms with Crippen molar-refractivity contribution in [3.8, 4) is 23.2 Å². The molecule has 3 aromatic rings. The highest BCUT2D eigenvalue weighted by atomic mass is 19.1. The van der Waals surface area contributed by atoms with Crippen LogP contribution in [0.25, 0.3) is 11.4 Å². The SMILES string of the molecule is CC(C)(C)OC(=O)N1CCC(Oc2ccc(-c3ncnc(Nc4ccc(N5CCN(CC6COC6)CC5)cc4)n3)cc2C#N)C(F)C1. The minimum atomic E-state index is -1.43. The summed E-state index contributed by atoms with van der Waals surface area (Å²) in [5.41, 5.74) is 2.18. The summed E-state index contributed by atoms with van der Waals surface area (Å²) in [5.74, 6) is 1.69. The second kappa shape index (κ2) is 14.1. The second-order valence-electron chi connectivity index (χ2n) is 13.2. The minimum Gasteiger partial charge on any atom is -0.486 e. The van der Waals surface area contributed by atoms with Gasteiger partial charge in [0.05, 0.1) is 25.3 Å². The van der Waals surface area contributed by atoms with Crippen molar-refractivity contribution in [2.24, 2.45) is 5.92 Å². The molecule has 0 aliphatic carbocycles. The lowest BCUT2D eigenvalue weighted by molar-refractivity contribution is -0.0468. The molecule has 1 aromatic heterocycles. The molecule has 1 amide bonds. The average Bonchev–Trinajstić information content (AvgIpc) is 3.04. The highest BCUT2D eigenvalue weighted by molar-refractivity contribution is 5.68. The number of piperidine rings is 1. The molecule has 1 N–H and O–H groups in total. The summed E-state index contributed by atoms with van der Waals surface area (Å²) in [7, 11) is 0. The predicted octanol–water partition coefficient (Wildman–Crippen LogP) is 4.65. The van der Waals surface area contributed by atoms with Crippen molar-refractivity contribution < 1.29 is 23.4 Å². The topological polar surface area (TPSA) is 129 Å². The quantitative estimate of drug-likeness (QED) is 0.368. The lowest BCUT2D eigenvalue weighted by atomic mass is 10.1. The molecular formula is C34H41FN8O4. The molecule has 6 rings (SSSR count). The van der Waals surface area contributed by atoms with Crippen molar-refractivity contribution >= 4 is 23.4 Å². The zero-order valence-electron chi connectivity index (χ0n) is 27.1. The van der Waals surface area contributed by atoms with Crippen LogP contribution >= 0.6 is 0 Å². The minimum absolute atomic E-state index is 0.142. The van der Waals surface area contributed by atoms with Crippen LogP contribution in [0.15, 0.2) is 48.8 Å². The van der Waals surface area contributed by atoms with E-state index in [1.54, 1.807) is 39.0 Å². The molecule has 0 spiro atoms. The smallest absolute Gasteiger partial charge is 0.410 e. The Balaban J connectivity index is 1.04. The third-order valence-electron chi connectivity index (χ3n) is 8.43. The molecule has 3 aliphatic heterocycles. The maximum Gasteiger partial charge on any atom is 0.410 e. The van der Waals surface area contributed by atoms with Crippen molar-refractivity contribution in [3.05, 3.63) is 54.4 Å². The number of carbonyl (C=O) groups excluding carboxylic acids is 1. The highest BCUT2D eigenvalue weighted by Crippen LogP contribution is 2.29. The number of nitriles is 1. The first-order valence-electron chi connectivity index (χ1n) is 16.1. The van der Waals surface area contributed by atoms with Gasteiger partial charge in [-0.1, -0.05) is 0 Å². The van der Waals surface area contributed by atoms with E-state index in [-0.39, 0.29) is 30.8 Å². The molecule has 3 saturated heterocycles. The predicted molar refractivity (Wildman–Crippen MR) is 174 cm³/mol. The van der Waals surface area contributed by atoms with E-state index in [2.05, 4.69) is 48.3 Å². The third-order valence-corrected chi connectivity index (χ3v) is 8.43. The third kappa shape index (κ3) is 8.25. The number of halogens is 1. The molecule has 3 fully saturated rings. The van der Waals surface area contributed by atoms with Crippen LogP contribution < -0.4 is 15.0 Å². The van der Waals surface area contributed by atoms with E-state index in [1.807, 2.05) is 12.1 Å². The van der Waals surface area contributed by atoms with Gasteiger partial charge < -0.3 is 29.3 Å². The lowest BCUT2D eigenvalue weighted by Crippen LogP contribution is -2.50. The van der Waals surface area contributed by atoms with Crippen LogP contribution in [0.1, 0.15) is 32.8 Å². The van der Waals surface area contributed by atoms with Gasteiger partial charge in [-0.2, -0.15) is 10.2 Å². The maximum atomic E-state index is 15.1. The van der Waals surface area contributed by atoms with E-state index in [0.717, 1.165) is 51.6 Å². The number of alkyl halides is 1. The molecule has 47 heavy (non-hydrogen) atoms. The molecule has 2 atom stereocenters. The Kier molecular flexibility index (Phi) is 9.70. The fourth-order valence-corrected chi connectivity index (χ4v) is 5.85. The van der Waals surface area contributed by atoms with Gasteiger partial charge in [0, 0.05) is 68.5 Å². The van der Waals surface area contributed by atoms with Crippen LogP contribution in [0.2, 0.25) is 0 Å². The number of amides is 1. The van der Waals surface area contributed by atoms with Crippen LogP contribution in [0, 0.1) is 17.2 Å². The van der Waals surface area contributed by atoms with E-state index >= 15 is 4.39 Å². The Hall–Kier alpha value is -4.54. The van der Waals surface area contributed by atoms with Crippen LogP contribution in [-0.4, -0.2) is 108 Å². The second-order valence-corrected chi connectivity index (χ2v) is 13.2. The number of carbonyl (C=O) groups is 1. The normalized spacial score (nSPS) is 20.7. The summed E-state index contributed by atoms with van der Waals surface area (Å²) in [5, 5.41) is 13.1. The summed E-state index contributed by atoms with van der Waals surface area (Å²) in [4.78, 5) is 31.8. The number of aromatic nitrogens is 3. The summed E-state index contributed by atoms with van der Waals surface area (Å²) < 4.78 is 31.7. The fourth-order valence-electron chi connectivity index (χ4n) is 5.85. The first-order chi connectivity index (χ1) is 22.6. The van der Waals surface area contributed by atoms with Crippen LogP contribution in [-0.2, 0) is 9.47 Å². The summed E-state index contributed by atoms with van der Waals surface area (Å²) in [6.45, 7) is 12.4. The number of piperazine rings is 1. The van der Waals surface area contributed by atoms with E-state index < -0.39 is 24.0 Å². The van der Waals surface area contributed by atoms with Gasteiger partial charge in [-0.05, 0) is 63.2 Å². The van der Waals surface area contributed by atoms with Crippen molar-refractivity contribution in [2.45, 2.75) is 45.1 Å². The number of ether oxygens (including phenoxy) is 3. The average molecular weight is 645 g/mol. The number of hydrogen-bond acceptors (Lipinski definition) is 11. The van der Waals surface area contributed by atoms with Gasteiger partial charge in [-0.3, -0.25) is 4.90 Å². The molecule has 13 heteroatoms. The standard InChI is InChI=1S/C34H41FN8O4/c1-34(2,3)47-33(44)43-11-10-30(28(35)19-43)46-29-9-4-24(16-25(29)17-36)31-37-22-38-32(40-31)39-26-5-7-27(8-6-26)42-14-12-41(13-15-42)18-23-20-45-21-23/h4-9,16,22-23,28,30H,10-15,18-21H2,1-3H3,(H,37,38,39,40). The summed E-state index contributed by atoms with van der Waals surface area (Å²) >= 11 is 0. The van der Waals surface area contributed by atoms with Crippen molar-refractivity contribution in [3.63, 3.8) is 0 Å². The molecule has 248 valence electrons. The fraction of sp³-hybridized carbons (Fsp3) is 0.500. The molecule has 0 radical (unpaired) electrons. The first-order valence-corrected chi connectivity index (χ1v) is 16.1. The van der Waals surface area contributed by atoms with Gasteiger partial charge in [0.15, 0.2) is 12.0 Å². The Labute approximate surface area is 274 Å². The van der Waals surface area contributed by atoms with Crippen LogP contribution in [0.5, 0.6) is 5.75 Å². The maximum absolute atomic E-state index is 15.1. The zero-order chi connectivity index (χ0) is 33.0. The van der Waals surface area contributed by atoms with Crippen LogP contribution in [0.4, 0.5) is 26.5 Å². The summed E-state index contributed by atoms with van der Waals surface area (Å²) in [6, 6.07) is 15.3. The van der Waals surface area contributed by atoms with Crippen LogP contribution in [0.3, 0.4) is 0 Å². The van der Waals surface area contributed by atoms with Gasteiger partial charge >= 0.3 is 6.09 Å². The molecule has 12 nitrogen and oxygen atoms in total. The van der Waals surface area contributed by atoms with Crippen molar-refractivity contribution in [2.75, 3.05) is 69.2 Å². The van der Waals surface area contributed by atoms with Gasteiger partial charge in [0.25, 0.3) is 0 Å². The Morgan fingerprint density at radius 2 is 1.85 bits per heavy atom. The highest BCUT2D eigenvalue weighted by Gasteiger charge is 2.35. The van der Waals surface area contributed by atoms with E-state index in [0.29, 0.717) is 23.3 Å². The van der Waals surface area contributed by atoms with Gasteiger partial charge in [0.1, 0.15) is 29.9 Å². The molecule has 3 aliphatic rings. The Morgan fingerprint density at radius 1 is 1.09 bits per heavy atom. The number of anilines is 3. The lowest BCUT2D eigenvalue weighted by Gasteiger charge is -2.39. The number of likely N-dealkylation sites (tertiary alicyclic amines) is 1. The van der Waals surface area contributed by atoms with Gasteiger partial charge in [-0.25, -0.2) is 19.2 Å². The molecule has 4 heterocycles. The van der Waals surface area contributed by atoms with Crippen molar-refractivity contribution in [1.82, 2.24) is 24.8 Å². The Bertz CT molecular complexity index is 1580. The number of nitrogens with one attached hydrogen (secondary N) is 1. The molecule has 2 unspecified atom stereocenters. The number of nitrogens with zero attached hydrogens (tertiary/aromatic N) is 7. The molecular weight excluding hydrogens is 603 g/mol. The first kappa shape index (κ1) is 32.4. The molecule has 0 bridgehead atoms. The molecule has 0 saturated carbocycles. The Morgan fingerprint density at radius 3 is 2.51 bits per heavy atom. The monoisotopic (exact) mass is 644 g/mol. The van der Waals surface area contributed by atoms with E-state index in [1.165, 1.54) is 16.9 Å². The number of rotatable bonds is 8. The number of benzene rings is 2. The molecule has 2 aromatic carbocycles. The largest absolute Gasteiger partial charge is 0.486 e. The number of hydrogen-bond donors (Lipinski definition) is 1. The van der Waals surface area contributed by atoms with Gasteiger partial charge in [0.2, 0.25) is 5.95 Å². The van der Waals surface area contributed by atoms with E-state index in [4.69, 9.17) is 14.2 Å². The zero-order valence-corrected chi connectivity index (χ0v) is 27.1.